The molecule has 0 heterocycles. The fraction of sp³-hybridized carbons (Fsp3) is 0.833. The molecule has 0 saturated carbocycles. The standard InChI is InChI=1S/C10H18.2CH4/c1-8-5-6-10(3,4)7-9(8)2;;/h5-7H2,1-4H3;2*1H4. The largest absolute Gasteiger partial charge is 0.0776 e. The summed E-state index contributed by atoms with van der Waals surface area (Å²) in [6.07, 6.45) is 3.99. The summed E-state index contributed by atoms with van der Waals surface area (Å²) in [7, 11) is 0. The third-order valence-corrected chi connectivity index (χ3v) is 2.65. The lowest BCUT2D eigenvalue weighted by molar-refractivity contribution is 0.314. The Kier molecular flexibility index (Phi) is 5.58. The number of rotatable bonds is 0. The Labute approximate surface area is 79.1 Å². The van der Waals surface area contributed by atoms with Crippen LogP contribution in [0, 0.1) is 5.41 Å². The van der Waals surface area contributed by atoms with E-state index in [1.165, 1.54) is 19.3 Å². The Morgan fingerprint density at radius 3 is 1.83 bits per heavy atom. The van der Waals surface area contributed by atoms with Crippen LogP contribution in [0.3, 0.4) is 0 Å². The second-order valence-electron chi connectivity index (χ2n) is 4.40. The fourth-order valence-electron chi connectivity index (χ4n) is 1.70. The average Bonchev–Trinajstić information content (AvgIpc) is 1.79. The molecule has 1 aliphatic rings. The molecule has 0 aromatic rings. The van der Waals surface area contributed by atoms with Gasteiger partial charge in [-0.2, -0.15) is 0 Å². The predicted molar refractivity (Wildman–Crippen MR) is 59.5 cm³/mol. The van der Waals surface area contributed by atoms with Gasteiger partial charge in [0.25, 0.3) is 0 Å². The van der Waals surface area contributed by atoms with Crippen LogP contribution in [0.25, 0.3) is 0 Å². The van der Waals surface area contributed by atoms with Crippen molar-refractivity contribution >= 4 is 0 Å². The van der Waals surface area contributed by atoms with Gasteiger partial charge in [-0.1, -0.05) is 39.8 Å². The average molecular weight is 170 g/mol. The molecule has 0 aromatic heterocycles. The van der Waals surface area contributed by atoms with Crippen LogP contribution in [0.1, 0.15) is 61.8 Å². The monoisotopic (exact) mass is 170 g/mol. The van der Waals surface area contributed by atoms with E-state index in [0.29, 0.717) is 5.41 Å². The molecule has 0 saturated heterocycles. The summed E-state index contributed by atoms with van der Waals surface area (Å²) >= 11 is 0. The van der Waals surface area contributed by atoms with Crippen molar-refractivity contribution in [1.82, 2.24) is 0 Å². The molecule has 0 amide bonds. The van der Waals surface area contributed by atoms with E-state index in [9.17, 15) is 0 Å². The smallest absolute Gasteiger partial charge is 0.0269 e. The van der Waals surface area contributed by atoms with Crippen LogP contribution < -0.4 is 0 Å². The third-order valence-electron chi connectivity index (χ3n) is 2.65. The molecule has 0 aromatic carbocycles. The summed E-state index contributed by atoms with van der Waals surface area (Å²) in [5.41, 5.74) is 3.82. The number of allylic oxidation sites excluding steroid dienone is 2. The first kappa shape index (κ1) is 14.3. The topological polar surface area (TPSA) is 0 Å². The highest BCUT2D eigenvalue weighted by Crippen LogP contribution is 2.37. The van der Waals surface area contributed by atoms with Gasteiger partial charge in [0.05, 0.1) is 0 Å². The lowest BCUT2D eigenvalue weighted by Crippen LogP contribution is -2.16. The van der Waals surface area contributed by atoms with Gasteiger partial charge in [0.2, 0.25) is 0 Å². The molecule has 0 atom stereocenters. The first-order valence-electron chi connectivity index (χ1n) is 4.16. The second kappa shape index (κ2) is 4.69. The first-order valence-corrected chi connectivity index (χ1v) is 4.16. The molecule has 74 valence electrons. The van der Waals surface area contributed by atoms with E-state index >= 15 is 0 Å². The maximum atomic E-state index is 2.36. The van der Waals surface area contributed by atoms with E-state index in [0.717, 1.165) is 0 Å². The Morgan fingerprint density at radius 2 is 1.50 bits per heavy atom. The van der Waals surface area contributed by atoms with Gasteiger partial charge >= 0.3 is 0 Å². The molecule has 0 spiro atoms. The minimum atomic E-state index is 0. The van der Waals surface area contributed by atoms with E-state index in [4.69, 9.17) is 0 Å². The lowest BCUT2D eigenvalue weighted by atomic mass is 9.75. The van der Waals surface area contributed by atoms with Crippen LogP contribution in [0.5, 0.6) is 0 Å². The van der Waals surface area contributed by atoms with E-state index in [1.807, 2.05) is 0 Å². The zero-order chi connectivity index (χ0) is 7.78. The molecule has 0 heteroatoms. The van der Waals surface area contributed by atoms with Crippen LogP contribution in [0.15, 0.2) is 11.1 Å². The van der Waals surface area contributed by atoms with Crippen molar-refractivity contribution in [1.29, 1.82) is 0 Å². The fourth-order valence-corrected chi connectivity index (χ4v) is 1.70. The normalized spacial score (nSPS) is 21.0. The Hall–Kier alpha value is -0.260. The van der Waals surface area contributed by atoms with Crippen molar-refractivity contribution < 1.29 is 0 Å². The molecule has 0 nitrogen and oxygen atoms in total. The lowest BCUT2D eigenvalue weighted by Gasteiger charge is -2.30. The van der Waals surface area contributed by atoms with Gasteiger partial charge in [0, 0.05) is 0 Å². The summed E-state index contributed by atoms with van der Waals surface area (Å²) < 4.78 is 0. The molecule has 1 rings (SSSR count). The van der Waals surface area contributed by atoms with Gasteiger partial charge < -0.3 is 0 Å². The van der Waals surface area contributed by atoms with Crippen LogP contribution in [-0.4, -0.2) is 0 Å². The molecular weight excluding hydrogens is 144 g/mol. The molecule has 0 aliphatic heterocycles. The van der Waals surface area contributed by atoms with Gasteiger partial charge in [0.1, 0.15) is 0 Å². The van der Waals surface area contributed by atoms with Gasteiger partial charge in [-0.25, -0.2) is 0 Å². The van der Waals surface area contributed by atoms with Gasteiger partial charge in [-0.15, -0.1) is 0 Å². The molecular formula is C12H26. The quantitative estimate of drug-likeness (QED) is 0.458. The molecule has 0 N–H and O–H groups in total. The molecule has 1 aliphatic carbocycles. The van der Waals surface area contributed by atoms with E-state index < -0.39 is 0 Å². The van der Waals surface area contributed by atoms with Crippen molar-refractivity contribution in [2.24, 2.45) is 5.41 Å². The Morgan fingerprint density at radius 1 is 1.00 bits per heavy atom. The van der Waals surface area contributed by atoms with E-state index in [2.05, 4.69) is 27.7 Å². The first-order chi connectivity index (χ1) is 4.51. The molecule has 0 unspecified atom stereocenters. The SMILES string of the molecule is C.C.CC1=C(C)CC(C)(C)CC1. The highest BCUT2D eigenvalue weighted by atomic mass is 14.3. The number of hydrogen-bond acceptors (Lipinski definition) is 0. The van der Waals surface area contributed by atoms with E-state index in [1.54, 1.807) is 11.1 Å². The van der Waals surface area contributed by atoms with Crippen molar-refractivity contribution in [3.05, 3.63) is 11.1 Å². The summed E-state index contributed by atoms with van der Waals surface area (Å²) in [4.78, 5) is 0. The minimum Gasteiger partial charge on any atom is -0.0776 e. The Bertz CT molecular complexity index is 161. The maximum absolute atomic E-state index is 2.36. The van der Waals surface area contributed by atoms with Crippen LogP contribution >= 0.6 is 0 Å². The van der Waals surface area contributed by atoms with Crippen LogP contribution in [-0.2, 0) is 0 Å². The van der Waals surface area contributed by atoms with E-state index in [-0.39, 0.29) is 14.9 Å². The molecule has 0 radical (unpaired) electrons. The van der Waals surface area contributed by atoms with Crippen LogP contribution in [0.2, 0.25) is 0 Å². The van der Waals surface area contributed by atoms with Crippen molar-refractivity contribution in [2.75, 3.05) is 0 Å². The number of hydrogen-bond donors (Lipinski definition) is 0. The van der Waals surface area contributed by atoms with Crippen molar-refractivity contribution in [3.8, 4) is 0 Å². The third kappa shape index (κ3) is 3.42. The summed E-state index contributed by atoms with van der Waals surface area (Å²) in [5, 5.41) is 0. The van der Waals surface area contributed by atoms with Gasteiger partial charge in [0.15, 0.2) is 0 Å². The highest BCUT2D eigenvalue weighted by molar-refractivity contribution is 5.15. The zero-order valence-corrected chi connectivity index (χ0v) is 7.62. The summed E-state index contributed by atoms with van der Waals surface area (Å²) in [5.74, 6) is 0. The zero-order valence-electron chi connectivity index (χ0n) is 7.62. The minimum absolute atomic E-state index is 0. The molecule has 0 fully saturated rings. The maximum Gasteiger partial charge on any atom is -0.0269 e. The van der Waals surface area contributed by atoms with Crippen molar-refractivity contribution in [2.45, 2.75) is 61.8 Å². The van der Waals surface area contributed by atoms with Crippen molar-refractivity contribution in [3.63, 3.8) is 0 Å². The summed E-state index contributed by atoms with van der Waals surface area (Å²) in [6, 6.07) is 0. The predicted octanol–water partition coefficient (Wildman–Crippen LogP) is 4.81. The van der Waals surface area contributed by atoms with Crippen LogP contribution in [0.4, 0.5) is 0 Å². The molecule has 12 heavy (non-hydrogen) atoms. The highest BCUT2D eigenvalue weighted by Gasteiger charge is 2.22. The summed E-state index contributed by atoms with van der Waals surface area (Å²) in [6.45, 7) is 9.27. The van der Waals surface area contributed by atoms with Gasteiger partial charge in [-0.05, 0) is 38.5 Å². The van der Waals surface area contributed by atoms with Gasteiger partial charge in [-0.3, -0.25) is 0 Å². The molecule has 0 bridgehead atoms. The second-order valence-corrected chi connectivity index (χ2v) is 4.40. The Balaban J connectivity index is 0.